The third-order valence-electron chi connectivity index (χ3n) is 2.98. The summed E-state index contributed by atoms with van der Waals surface area (Å²) < 4.78 is 37.9. The molecule has 0 unspecified atom stereocenters. The van der Waals surface area contributed by atoms with E-state index in [0.29, 0.717) is 33.6 Å². The minimum absolute atomic E-state index is 0.348. The second-order valence-corrected chi connectivity index (χ2v) is 4.81. The van der Waals surface area contributed by atoms with Crippen molar-refractivity contribution in [2.24, 2.45) is 0 Å². The number of rotatable bonds is 2. The molecule has 2 rings (SSSR count). The Morgan fingerprint density at radius 1 is 1.05 bits per heavy atom. The highest BCUT2D eigenvalue weighted by atomic mass is 35.5. The molecule has 0 bridgehead atoms. The van der Waals surface area contributed by atoms with E-state index in [0.717, 1.165) is 12.1 Å². The number of alkyl halides is 3. The van der Waals surface area contributed by atoms with Gasteiger partial charge in [0.05, 0.1) is 5.56 Å². The van der Waals surface area contributed by atoms with E-state index < -0.39 is 11.7 Å². The molecule has 0 saturated carbocycles. The van der Waals surface area contributed by atoms with E-state index in [2.05, 4.69) is 0 Å². The van der Waals surface area contributed by atoms with Gasteiger partial charge in [-0.3, -0.25) is 4.79 Å². The minimum Gasteiger partial charge on any atom is -0.298 e. The zero-order valence-electron chi connectivity index (χ0n) is 10.5. The lowest BCUT2D eigenvalue weighted by Gasteiger charge is -2.12. The van der Waals surface area contributed by atoms with E-state index in [1.807, 2.05) is 0 Å². The van der Waals surface area contributed by atoms with Gasteiger partial charge in [0.2, 0.25) is 0 Å². The normalized spacial score (nSPS) is 11.4. The smallest absolute Gasteiger partial charge is 0.298 e. The Hall–Kier alpha value is -1.81. The van der Waals surface area contributed by atoms with Crippen LogP contribution in [-0.2, 0) is 6.18 Å². The average molecular weight is 299 g/mol. The number of halogens is 4. The highest BCUT2D eigenvalue weighted by Gasteiger charge is 2.30. The highest BCUT2D eigenvalue weighted by Crippen LogP contribution is 2.34. The molecular weight excluding hydrogens is 289 g/mol. The second-order valence-electron chi connectivity index (χ2n) is 4.38. The fraction of sp³-hybridized carbons (Fsp3) is 0.133. The van der Waals surface area contributed by atoms with Crippen molar-refractivity contribution in [1.82, 2.24) is 0 Å². The third-order valence-corrected chi connectivity index (χ3v) is 3.22. The molecule has 0 saturated heterocycles. The predicted molar refractivity (Wildman–Crippen MR) is 72.0 cm³/mol. The van der Waals surface area contributed by atoms with Crippen LogP contribution in [0.3, 0.4) is 0 Å². The number of carbonyl (C=O) groups excluding carboxylic acids is 1. The zero-order valence-corrected chi connectivity index (χ0v) is 11.2. The van der Waals surface area contributed by atoms with Gasteiger partial charge in [0.25, 0.3) is 0 Å². The lowest BCUT2D eigenvalue weighted by Crippen LogP contribution is -2.05. The molecule has 0 spiro atoms. The summed E-state index contributed by atoms with van der Waals surface area (Å²) in [6.07, 6.45) is -3.74. The van der Waals surface area contributed by atoms with Gasteiger partial charge in [-0.2, -0.15) is 13.2 Å². The van der Waals surface area contributed by atoms with Crippen molar-refractivity contribution in [2.75, 3.05) is 0 Å². The largest absolute Gasteiger partial charge is 0.416 e. The van der Waals surface area contributed by atoms with Crippen molar-refractivity contribution >= 4 is 17.9 Å². The summed E-state index contributed by atoms with van der Waals surface area (Å²) in [5.74, 6) is 0. The molecule has 1 nitrogen and oxygen atoms in total. The number of aryl methyl sites for hydroxylation is 1. The molecular formula is C15H10ClF3O. The molecule has 2 aromatic carbocycles. The molecule has 0 aliphatic rings. The molecule has 2 aromatic rings. The van der Waals surface area contributed by atoms with Crippen molar-refractivity contribution in [3.63, 3.8) is 0 Å². The maximum Gasteiger partial charge on any atom is 0.416 e. The number of hydrogen-bond donors (Lipinski definition) is 0. The van der Waals surface area contributed by atoms with Gasteiger partial charge in [-0.15, -0.1) is 0 Å². The van der Waals surface area contributed by atoms with Gasteiger partial charge in [-0.25, -0.2) is 0 Å². The second kappa shape index (κ2) is 5.29. The number of benzene rings is 2. The van der Waals surface area contributed by atoms with Crippen LogP contribution in [-0.4, -0.2) is 6.29 Å². The van der Waals surface area contributed by atoms with Crippen LogP contribution in [0.4, 0.5) is 13.2 Å². The monoisotopic (exact) mass is 298 g/mol. The molecule has 0 heterocycles. The van der Waals surface area contributed by atoms with Crippen molar-refractivity contribution in [2.45, 2.75) is 13.1 Å². The van der Waals surface area contributed by atoms with Gasteiger partial charge < -0.3 is 0 Å². The van der Waals surface area contributed by atoms with Gasteiger partial charge in [0.15, 0.2) is 6.29 Å². The van der Waals surface area contributed by atoms with Crippen LogP contribution in [0.15, 0.2) is 36.4 Å². The summed E-state index contributed by atoms with van der Waals surface area (Å²) in [5.41, 5.74) is 1.23. The molecule has 20 heavy (non-hydrogen) atoms. The van der Waals surface area contributed by atoms with Gasteiger partial charge >= 0.3 is 6.18 Å². The Morgan fingerprint density at radius 2 is 1.70 bits per heavy atom. The van der Waals surface area contributed by atoms with E-state index in [4.69, 9.17) is 11.6 Å². The first-order valence-electron chi connectivity index (χ1n) is 5.76. The molecule has 0 aromatic heterocycles. The minimum atomic E-state index is -4.38. The molecule has 0 amide bonds. The van der Waals surface area contributed by atoms with Crippen molar-refractivity contribution in [3.05, 3.63) is 58.1 Å². The van der Waals surface area contributed by atoms with Crippen LogP contribution in [0.5, 0.6) is 0 Å². The Morgan fingerprint density at radius 3 is 2.25 bits per heavy atom. The highest BCUT2D eigenvalue weighted by molar-refractivity contribution is 6.31. The summed E-state index contributed by atoms with van der Waals surface area (Å²) in [7, 11) is 0. The number of hydrogen-bond acceptors (Lipinski definition) is 1. The van der Waals surface area contributed by atoms with Crippen LogP contribution < -0.4 is 0 Å². The average Bonchev–Trinajstić information content (AvgIpc) is 2.38. The standard InChI is InChI=1S/C15H10ClF3O/c1-9-6-11(15(17,18)19)2-4-13(9)14-5-3-12(16)7-10(14)8-20/h2-8H,1H3. The van der Waals surface area contributed by atoms with Crippen LogP contribution in [0.25, 0.3) is 11.1 Å². The zero-order chi connectivity index (χ0) is 14.9. The summed E-state index contributed by atoms with van der Waals surface area (Å²) in [6, 6.07) is 8.15. The van der Waals surface area contributed by atoms with Crippen LogP contribution >= 0.6 is 11.6 Å². The van der Waals surface area contributed by atoms with Crippen molar-refractivity contribution in [1.29, 1.82) is 0 Å². The quantitative estimate of drug-likeness (QED) is 0.701. The van der Waals surface area contributed by atoms with Crippen LogP contribution in [0.1, 0.15) is 21.5 Å². The Kier molecular flexibility index (Phi) is 3.86. The molecule has 5 heteroatoms. The van der Waals surface area contributed by atoms with E-state index in [9.17, 15) is 18.0 Å². The van der Waals surface area contributed by atoms with E-state index in [1.54, 1.807) is 19.1 Å². The third kappa shape index (κ3) is 2.85. The Bertz CT molecular complexity index is 663. The maximum atomic E-state index is 12.6. The molecule has 0 atom stereocenters. The van der Waals surface area contributed by atoms with Crippen molar-refractivity contribution in [3.8, 4) is 11.1 Å². The molecule has 0 fully saturated rings. The van der Waals surface area contributed by atoms with Crippen LogP contribution in [0.2, 0.25) is 5.02 Å². The summed E-state index contributed by atoms with van der Waals surface area (Å²) >= 11 is 5.80. The fourth-order valence-corrected chi connectivity index (χ4v) is 2.20. The van der Waals surface area contributed by atoms with Crippen molar-refractivity contribution < 1.29 is 18.0 Å². The summed E-state index contributed by atoms with van der Waals surface area (Å²) in [5, 5.41) is 0.403. The first-order chi connectivity index (χ1) is 9.32. The van der Waals surface area contributed by atoms with Gasteiger partial charge in [0.1, 0.15) is 0 Å². The molecule has 0 radical (unpaired) electrons. The van der Waals surface area contributed by atoms with Crippen LogP contribution in [0, 0.1) is 6.92 Å². The van der Waals surface area contributed by atoms with E-state index in [-0.39, 0.29) is 0 Å². The van der Waals surface area contributed by atoms with E-state index in [1.165, 1.54) is 12.1 Å². The SMILES string of the molecule is Cc1cc(C(F)(F)F)ccc1-c1ccc(Cl)cc1C=O. The first-order valence-corrected chi connectivity index (χ1v) is 6.13. The lowest BCUT2D eigenvalue weighted by atomic mass is 9.95. The predicted octanol–water partition coefficient (Wildman–Crippen LogP) is 5.15. The molecule has 0 N–H and O–H groups in total. The molecule has 104 valence electrons. The summed E-state index contributed by atoms with van der Waals surface area (Å²) in [6.45, 7) is 1.58. The van der Waals surface area contributed by atoms with Gasteiger partial charge in [-0.05, 0) is 47.9 Å². The molecule has 0 aliphatic carbocycles. The Labute approximate surface area is 119 Å². The lowest BCUT2D eigenvalue weighted by molar-refractivity contribution is -0.137. The topological polar surface area (TPSA) is 17.1 Å². The fourth-order valence-electron chi connectivity index (χ4n) is 2.02. The van der Waals surface area contributed by atoms with Gasteiger partial charge in [-0.1, -0.05) is 23.7 Å². The summed E-state index contributed by atoms with van der Waals surface area (Å²) in [4.78, 5) is 11.1. The maximum absolute atomic E-state index is 12.6. The van der Waals surface area contributed by atoms with Gasteiger partial charge in [0, 0.05) is 10.6 Å². The molecule has 0 aliphatic heterocycles. The Balaban J connectivity index is 2.57. The number of carbonyl (C=O) groups is 1. The first kappa shape index (κ1) is 14.6. The number of aldehydes is 1. The van der Waals surface area contributed by atoms with E-state index >= 15 is 0 Å².